The molecule has 2 atom stereocenters. The molecule has 0 bridgehead atoms. The van der Waals surface area contributed by atoms with Crippen molar-refractivity contribution in [2.75, 3.05) is 0 Å². The fraction of sp³-hybridized carbons (Fsp3) is 0.385. The van der Waals surface area contributed by atoms with Crippen molar-refractivity contribution in [2.45, 2.75) is 20.3 Å². The summed E-state index contributed by atoms with van der Waals surface area (Å²) in [5, 5.41) is 0.0284. The molecule has 0 heterocycles. The summed E-state index contributed by atoms with van der Waals surface area (Å²) in [5.74, 6) is -1.08. The second-order valence-electron chi connectivity index (χ2n) is 4.77. The van der Waals surface area contributed by atoms with Gasteiger partial charge in [-0.2, -0.15) is 0 Å². The summed E-state index contributed by atoms with van der Waals surface area (Å²) >= 11 is 24.1. The third-order valence-electron chi connectivity index (χ3n) is 3.36. The van der Waals surface area contributed by atoms with Crippen LogP contribution in [0.15, 0.2) is 0 Å². The van der Waals surface area contributed by atoms with Gasteiger partial charge in [0.15, 0.2) is 11.6 Å². The van der Waals surface area contributed by atoms with Crippen molar-refractivity contribution >= 4 is 58.0 Å². The zero-order valence-electron chi connectivity index (χ0n) is 10.2. The lowest BCUT2D eigenvalue weighted by Gasteiger charge is -2.13. The fourth-order valence-corrected chi connectivity index (χ4v) is 3.37. The molecule has 2 rings (SSSR count). The van der Waals surface area contributed by atoms with Crippen molar-refractivity contribution in [1.82, 2.24) is 0 Å². The van der Waals surface area contributed by atoms with E-state index in [4.69, 9.17) is 46.4 Å². The molecule has 0 aromatic heterocycles. The lowest BCUT2D eigenvalue weighted by molar-refractivity contribution is 0.0895. The number of rotatable bonds is 0. The summed E-state index contributed by atoms with van der Waals surface area (Å²) in [4.78, 5) is 24.7. The van der Waals surface area contributed by atoms with Crippen LogP contribution in [-0.2, 0) is 0 Å². The summed E-state index contributed by atoms with van der Waals surface area (Å²) in [6, 6.07) is 0. The minimum atomic E-state index is -0.314. The van der Waals surface area contributed by atoms with Crippen molar-refractivity contribution in [1.29, 1.82) is 0 Å². The molecule has 2 unspecified atom stereocenters. The Labute approximate surface area is 131 Å². The maximum Gasteiger partial charge on any atom is 0.168 e. The Balaban J connectivity index is 2.89. The quantitative estimate of drug-likeness (QED) is 0.363. The molecule has 0 spiro atoms. The molecule has 102 valence electrons. The van der Waals surface area contributed by atoms with Gasteiger partial charge in [-0.3, -0.25) is 9.59 Å². The van der Waals surface area contributed by atoms with Gasteiger partial charge in [0.05, 0.1) is 31.2 Å². The van der Waals surface area contributed by atoms with Gasteiger partial charge >= 0.3 is 0 Å². The molecule has 0 amide bonds. The highest BCUT2D eigenvalue weighted by Crippen LogP contribution is 2.44. The Morgan fingerprint density at radius 1 is 0.737 bits per heavy atom. The van der Waals surface area contributed by atoms with Gasteiger partial charge in [0.25, 0.3) is 0 Å². The van der Waals surface area contributed by atoms with Crippen molar-refractivity contribution < 1.29 is 9.59 Å². The number of benzene rings is 1. The van der Waals surface area contributed by atoms with Crippen LogP contribution >= 0.6 is 46.4 Å². The first-order valence-electron chi connectivity index (χ1n) is 5.71. The fourth-order valence-electron chi connectivity index (χ4n) is 2.33. The van der Waals surface area contributed by atoms with Crippen LogP contribution in [0, 0.1) is 11.8 Å². The number of hydrogen-bond donors (Lipinski definition) is 0. The summed E-state index contributed by atoms with van der Waals surface area (Å²) in [6.07, 6.45) is 0.453. The number of hydrogen-bond acceptors (Lipinski definition) is 2. The first-order chi connectivity index (χ1) is 8.77. The first-order valence-corrected chi connectivity index (χ1v) is 7.22. The molecule has 0 aliphatic heterocycles. The van der Waals surface area contributed by atoms with Crippen LogP contribution < -0.4 is 0 Å². The molecule has 0 saturated carbocycles. The smallest absolute Gasteiger partial charge is 0.168 e. The first kappa shape index (κ1) is 15.1. The van der Waals surface area contributed by atoms with E-state index in [0.717, 1.165) is 0 Å². The molecular formula is C13H10Cl4O2. The molecule has 1 aliphatic carbocycles. The lowest BCUT2D eigenvalue weighted by Crippen LogP contribution is -2.12. The highest BCUT2D eigenvalue weighted by molar-refractivity contribution is 6.54. The zero-order valence-corrected chi connectivity index (χ0v) is 13.2. The largest absolute Gasteiger partial charge is 0.294 e. The summed E-state index contributed by atoms with van der Waals surface area (Å²) < 4.78 is 0. The number of ketones is 2. The maximum atomic E-state index is 12.4. The SMILES string of the molecule is CC1CC(C)C(=O)c2c(Cl)c(Cl)c(Cl)c(Cl)c2C1=O. The zero-order chi connectivity index (χ0) is 14.5. The third-order valence-corrected chi connectivity index (χ3v) is 5.16. The average Bonchev–Trinajstić information content (AvgIpc) is 2.45. The van der Waals surface area contributed by atoms with Crippen LogP contribution in [0.5, 0.6) is 0 Å². The van der Waals surface area contributed by atoms with E-state index >= 15 is 0 Å². The second kappa shape index (κ2) is 5.25. The topological polar surface area (TPSA) is 34.1 Å². The minimum absolute atomic E-state index is 0.00497. The standard InChI is InChI=1S/C13H10Cl4O2/c1-4-3-5(2)13(19)7-6(12(4)18)8(14)10(16)11(17)9(7)15/h4-5H,3H2,1-2H3. The molecule has 0 radical (unpaired) electrons. The predicted octanol–water partition coefficient (Wildman–Crippen LogP) is 5.34. The molecule has 0 N–H and O–H groups in total. The monoisotopic (exact) mass is 338 g/mol. The summed E-state index contributed by atoms with van der Waals surface area (Å²) in [5.41, 5.74) is 0.200. The Morgan fingerprint density at radius 3 is 1.37 bits per heavy atom. The van der Waals surface area contributed by atoms with Crippen LogP contribution in [0.2, 0.25) is 20.1 Å². The molecule has 1 aromatic rings. The van der Waals surface area contributed by atoms with Crippen molar-refractivity contribution in [3.05, 3.63) is 31.2 Å². The molecule has 0 fully saturated rings. The number of halogens is 4. The van der Waals surface area contributed by atoms with Gasteiger partial charge in [-0.05, 0) is 6.42 Å². The molecule has 1 aromatic carbocycles. The Morgan fingerprint density at radius 2 is 1.05 bits per heavy atom. The van der Waals surface area contributed by atoms with E-state index in [-0.39, 0.29) is 54.6 Å². The van der Waals surface area contributed by atoms with Crippen LogP contribution in [0.3, 0.4) is 0 Å². The Hall–Kier alpha value is -0.280. The number of fused-ring (bicyclic) bond motifs is 1. The van der Waals surface area contributed by atoms with Crippen molar-refractivity contribution in [3.8, 4) is 0 Å². The van der Waals surface area contributed by atoms with Crippen LogP contribution in [0.25, 0.3) is 0 Å². The molecule has 0 saturated heterocycles. The molecular weight excluding hydrogens is 330 g/mol. The van der Waals surface area contributed by atoms with E-state index in [9.17, 15) is 9.59 Å². The van der Waals surface area contributed by atoms with Gasteiger partial charge in [-0.15, -0.1) is 0 Å². The highest BCUT2D eigenvalue weighted by atomic mass is 35.5. The lowest BCUT2D eigenvalue weighted by atomic mass is 9.94. The molecule has 19 heavy (non-hydrogen) atoms. The molecule has 6 heteroatoms. The second-order valence-corrected chi connectivity index (χ2v) is 6.28. The minimum Gasteiger partial charge on any atom is -0.294 e. The predicted molar refractivity (Wildman–Crippen MR) is 78.1 cm³/mol. The summed E-state index contributed by atoms with van der Waals surface area (Å²) in [6.45, 7) is 3.52. The van der Waals surface area contributed by atoms with Crippen molar-refractivity contribution in [2.24, 2.45) is 11.8 Å². The van der Waals surface area contributed by atoms with E-state index in [1.165, 1.54) is 0 Å². The maximum absolute atomic E-state index is 12.4. The van der Waals surface area contributed by atoms with Gasteiger partial charge in [0.2, 0.25) is 0 Å². The van der Waals surface area contributed by atoms with Crippen LogP contribution in [0.4, 0.5) is 0 Å². The van der Waals surface area contributed by atoms with Gasteiger partial charge in [-0.1, -0.05) is 60.3 Å². The summed E-state index contributed by atoms with van der Waals surface area (Å²) in [7, 11) is 0. The van der Waals surface area contributed by atoms with E-state index in [1.54, 1.807) is 13.8 Å². The average molecular weight is 340 g/mol. The Bertz CT molecular complexity index is 544. The molecule has 1 aliphatic rings. The third kappa shape index (κ3) is 2.29. The number of carbonyl (C=O) groups is 2. The molecule has 2 nitrogen and oxygen atoms in total. The van der Waals surface area contributed by atoms with E-state index < -0.39 is 0 Å². The number of carbonyl (C=O) groups excluding carboxylic acids is 2. The highest BCUT2D eigenvalue weighted by Gasteiger charge is 2.36. The van der Waals surface area contributed by atoms with Gasteiger partial charge in [0.1, 0.15) is 0 Å². The Kier molecular flexibility index (Phi) is 4.18. The normalized spacial score (nSPS) is 23.3. The van der Waals surface area contributed by atoms with Crippen molar-refractivity contribution in [3.63, 3.8) is 0 Å². The van der Waals surface area contributed by atoms with Gasteiger partial charge in [-0.25, -0.2) is 0 Å². The van der Waals surface area contributed by atoms with Crippen LogP contribution in [0.1, 0.15) is 41.0 Å². The van der Waals surface area contributed by atoms with E-state index in [1.807, 2.05) is 0 Å². The number of Topliss-reactive ketones (excluding diaryl/α,β-unsaturated/α-hetero) is 2. The van der Waals surface area contributed by atoms with Gasteiger partial charge in [0, 0.05) is 11.8 Å². The van der Waals surface area contributed by atoms with Crippen LogP contribution in [-0.4, -0.2) is 11.6 Å². The van der Waals surface area contributed by atoms with E-state index in [0.29, 0.717) is 6.42 Å². The van der Waals surface area contributed by atoms with E-state index in [2.05, 4.69) is 0 Å². The van der Waals surface area contributed by atoms with Gasteiger partial charge < -0.3 is 0 Å².